The van der Waals surface area contributed by atoms with E-state index < -0.39 is 5.97 Å². The minimum Gasteiger partial charge on any atom is -0.462 e. The number of halogens is 3. The molecule has 0 aliphatic heterocycles. The van der Waals surface area contributed by atoms with E-state index in [-0.39, 0.29) is 15.6 Å². The fourth-order valence-electron chi connectivity index (χ4n) is 2.88. The number of rotatable bonds is 5. The van der Waals surface area contributed by atoms with Gasteiger partial charge in [-0.1, -0.05) is 67.4 Å². The molecule has 0 heterocycles. The van der Waals surface area contributed by atoms with Crippen molar-refractivity contribution in [1.82, 2.24) is 0 Å². The van der Waals surface area contributed by atoms with Gasteiger partial charge in [0.2, 0.25) is 0 Å². The molecule has 1 aromatic rings. The van der Waals surface area contributed by atoms with Crippen LogP contribution in [0.5, 0.6) is 0 Å². The van der Waals surface area contributed by atoms with Gasteiger partial charge in [-0.15, -0.1) is 0 Å². The Labute approximate surface area is 140 Å². The third kappa shape index (κ3) is 4.77. The molecular formula is C16H19Cl3O2. The molecule has 2 nitrogen and oxygen atoms in total. The second-order valence-electron chi connectivity index (χ2n) is 5.84. The van der Waals surface area contributed by atoms with Gasteiger partial charge in [-0.25, -0.2) is 4.79 Å². The van der Waals surface area contributed by atoms with E-state index in [0.717, 1.165) is 12.3 Å². The zero-order chi connectivity index (χ0) is 15.4. The van der Waals surface area contributed by atoms with E-state index in [2.05, 4.69) is 6.92 Å². The molecule has 21 heavy (non-hydrogen) atoms. The molecule has 0 saturated heterocycles. The van der Waals surface area contributed by atoms with Crippen molar-refractivity contribution in [3.63, 3.8) is 0 Å². The Morgan fingerprint density at radius 2 is 1.95 bits per heavy atom. The van der Waals surface area contributed by atoms with Crippen LogP contribution in [0.3, 0.4) is 0 Å². The minimum atomic E-state index is -0.470. The van der Waals surface area contributed by atoms with Gasteiger partial charge >= 0.3 is 5.97 Å². The van der Waals surface area contributed by atoms with Gasteiger partial charge in [-0.3, -0.25) is 0 Å². The summed E-state index contributed by atoms with van der Waals surface area (Å²) < 4.78 is 5.35. The summed E-state index contributed by atoms with van der Waals surface area (Å²) in [7, 11) is 0. The second-order valence-corrected chi connectivity index (χ2v) is 7.06. The summed E-state index contributed by atoms with van der Waals surface area (Å²) in [6.07, 6.45) is 6.36. The van der Waals surface area contributed by atoms with E-state index in [0.29, 0.717) is 17.5 Å². The lowest BCUT2D eigenvalue weighted by molar-refractivity contribution is 0.0434. The monoisotopic (exact) mass is 348 g/mol. The van der Waals surface area contributed by atoms with Gasteiger partial charge in [0.15, 0.2) is 0 Å². The first kappa shape index (κ1) is 16.9. The minimum absolute atomic E-state index is 0.189. The first-order chi connectivity index (χ1) is 9.97. The van der Waals surface area contributed by atoms with Crippen molar-refractivity contribution in [3.05, 3.63) is 32.8 Å². The van der Waals surface area contributed by atoms with Crippen LogP contribution in [0.2, 0.25) is 15.1 Å². The smallest absolute Gasteiger partial charge is 0.339 e. The maximum Gasteiger partial charge on any atom is 0.339 e. The van der Waals surface area contributed by atoms with Gasteiger partial charge in [0.25, 0.3) is 0 Å². The van der Waals surface area contributed by atoms with Crippen LogP contribution in [-0.4, -0.2) is 12.6 Å². The molecular weight excluding hydrogens is 331 g/mol. The highest BCUT2D eigenvalue weighted by atomic mass is 35.5. The van der Waals surface area contributed by atoms with Crippen LogP contribution >= 0.6 is 34.8 Å². The predicted molar refractivity (Wildman–Crippen MR) is 87.5 cm³/mol. The van der Waals surface area contributed by atoms with Crippen molar-refractivity contribution in [3.8, 4) is 0 Å². The lowest BCUT2D eigenvalue weighted by Gasteiger charge is -2.16. The van der Waals surface area contributed by atoms with E-state index >= 15 is 0 Å². The zero-order valence-corrected chi connectivity index (χ0v) is 14.3. The van der Waals surface area contributed by atoms with Crippen LogP contribution in [0.15, 0.2) is 12.1 Å². The van der Waals surface area contributed by atoms with Gasteiger partial charge < -0.3 is 4.74 Å². The standard InChI is InChI=1S/C16H19Cl3O2/c1-10(6-11-4-2-3-5-11)9-21-16(20)13-7-12(17)8-14(18)15(13)19/h7-8,10-11H,2-6,9H2,1H3. The van der Waals surface area contributed by atoms with Crippen molar-refractivity contribution < 1.29 is 9.53 Å². The number of benzene rings is 1. The fourth-order valence-corrected chi connectivity index (χ4v) is 3.56. The Hall–Kier alpha value is -0.440. The topological polar surface area (TPSA) is 26.3 Å². The summed E-state index contributed by atoms with van der Waals surface area (Å²) in [5, 5.41) is 0.819. The summed E-state index contributed by atoms with van der Waals surface area (Å²) in [6.45, 7) is 2.51. The van der Waals surface area contributed by atoms with Crippen molar-refractivity contribution in [2.75, 3.05) is 6.61 Å². The van der Waals surface area contributed by atoms with Crippen molar-refractivity contribution >= 4 is 40.8 Å². The van der Waals surface area contributed by atoms with Crippen LogP contribution in [-0.2, 0) is 4.74 Å². The van der Waals surface area contributed by atoms with Gasteiger partial charge in [0.1, 0.15) is 0 Å². The Bertz CT molecular complexity index is 510. The Kier molecular flexibility index (Phi) is 6.21. The summed E-state index contributed by atoms with van der Waals surface area (Å²) in [5.41, 5.74) is 0.224. The molecule has 0 bridgehead atoms. The molecule has 1 saturated carbocycles. The molecule has 0 spiro atoms. The first-order valence-electron chi connectivity index (χ1n) is 7.29. The van der Waals surface area contributed by atoms with E-state index in [1.165, 1.54) is 37.8 Å². The van der Waals surface area contributed by atoms with Crippen LogP contribution in [0.4, 0.5) is 0 Å². The number of ether oxygens (including phenoxy) is 1. The Morgan fingerprint density at radius 3 is 2.62 bits per heavy atom. The van der Waals surface area contributed by atoms with E-state index in [1.807, 2.05) is 0 Å². The molecule has 1 aromatic carbocycles. The quantitative estimate of drug-likeness (QED) is 0.480. The molecule has 1 unspecified atom stereocenters. The molecule has 0 aromatic heterocycles. The van der Waals surface area contributed by atoms with Crippen molar-refractivity contribution in [1.29, 1.82) is 0 Å². The largest absolute Gasteiger partial charge is 0.462 e. The number of carbonyl (C=O) groups is 1. The zero-order valence-electron chi connectivity index (χ0n) is 12.0. The highest BCUT2D eigenvalue weighted by Gasteiger charge is 2.20. The highest BCUT2D eigenvalue weighted by molar-refractivity contribution is 6.45. The number of hydrogen-bond donors (Lipinski definition) is 0. The Morgan fingerprint density at radius 1 is 1.29 bits per heavy atom. The van der Waals surface area contributed by atoms with Crippen LogP contribution in [0.1, 0.15) is 49.4 Å². The molecule has 116 valence electrons. The lowest BCUT2D eigenvalue weighted by atomic mass is 9.95. The lowest BCUT2D eigenvalue weighted by Crippen LogP contribution is -2.15. The summed E-state index contributed by atoms with van der Waals surface area (Å²) in [6, 6.07) is 2.99. The summed E-state index contributed by atoms with van der Waals surface area (Å²) in [4.78, 5) is 12.1. The number of hydrogen-bond acceptors (Lipinski definition) is 2. The maximum absolute atomic E-state index is 12.1. The van der Waals surface area contributed by atoms with E-state index in [1.54, 1.807) is 0 Å². The third-order valence-corrected chi connectivity index (χ3v) is 4.94. The summed E-state index contributed by atoms with van der Waals surface area (Å²) >= 11 is 17.8. The van der Waals surface area contributed by atoms with E-state index in [4.69, 9.17) is 39.5 Å². The molecule has 1 aliphatic carbocycles. The molecule has 0 amide bonds. The van der Waals surface area contributed by atoms with Crippen molar-refractivity contribution in [2.24, 2.45) is 11.8 Å². The van der Waals surface area contributed by atoms with Crippen LogP contribution in [0.25, 0.3) is 0 Å². The predicted octanol–water partition coefficient (Wildman–Crippen LogP) is 6.02. The average molecular weight is 350 g/mol. The second kappa shape index (κ2) is 7.71. The van der Waals surface area contributed by atoms with Gasteiger partial charge in [0, 0.05) is 5.02 Å². The Balaban J connectivity index is 1.89. The van der Waals surface area contributed by atoms with Crippen LogP contribution in [0, 0.1) is 11.8 Å². The van der Waals surface area contributed by atoms with Crippen LogP contribution < -0.4 is 0 Å². The van der Waals surface area contributed by atoms with Gasteiger partial charge in [-0.2, -0.15) is 0 Å². The van der Waals surface area contributed by atoms with Crippen molar-refractivity contribution in [2.45, 2.75) is 39.0 Å². The average Bonchev–Trinajstić information content (AvgIpc) is 2.93. The molecule has 0 N–H and O–H groups in total. The molecule has 1 atom stereocenters. The SMILES string of the molecule is CC(COC(=O)c1cc(Cl)cc(Cl)c1Cl)CC1CCCC1. The van der Waals surface area contributed by atoms with Gasteiger partial charge in [-0.05, 0) is 30.4 Å². The highest BCUT2D eigenvalue weighted by Crippen LogP contribution is 2.32. The van der Waals surface area contributed by atoms with E-state index in [9.17, 15) is 4.79 Å². The molecule has 0 radical (unpaired) electrons. The molecule has 5 heteroatoms. The third-order valence-electron chi connectivity index (χ3n) is 3.92. The maximum atomic E-state index is 12.1. The summed E-state index contributed by atoms with van der Waals surface area (Å²) in [5.74, 6) is 0.663. The molecule has 2 rings (SSSR count). The molecule has 1 fully saturated rings. The fraction of sp³-hybridized carbons (Fsp3) is 0.562. The molecule has 1 aliphatic rings. The first-order valence-corrected chi connectivity index (χ1v) is 8.42. The number of carbonyl (C=O) groups excluding carboxylic acids is 1. The number of esters is 1. The van der Waals surface area contributed by atoms with Gasteiger partial charge in [0.05, 0.1) is 22.2 Å². The normalized spacial score (nSPS) is 17.0.